The van der Waals surface area contributed by atoms with Crippen LogP contribution in [0.3, 0.4) is 0 Å². The maximum atomic E-state index is 6.02. The first-order chi connectivity index (χ1) is 8.04. The lowest BCUT2D eigenvalue weighted by atomic mass is 10.1. The Morgan fingerprint density at radius 2 is 2.00 bits per heavy atom. The molecule has 3 nitrogen and oxygen atoms in total. The van der Waals surface area contributed by atoms with Crippen molar-refractivity contribution >= 4 is 0 Å². The molecule has 17 heavy (non-hydrogen) atoms. The van der Waals surface area contributed by atoms with E-state index < -0.39 is 0 Å². The Bertz CT molecular complexity index is 314. The molecule has 1 aliphatic carbocycles. The predicted molar refractivity (Wildman–Crippen MR) is 72.5 cm³/mol. The molecule has 0 unspecified atom stereocenters. The van der Waals surface area contributed by atoms with Gasteiger partial charge in [0.15, 0.2) is 0 Å². The van der Waals surface area contributed by atoms with E-state index in [0.29, 0.717) is 6.61 Å². The first-order valence-electron chi connectivity index (χ1n) is 6.54. The summed E-state index contributed by atoms with van der Waals surface area (Å²) < 4.78 is 5.81. The molecule has 0 amide bonds. The zero-order valence-electron chi connectivity index (χ0n) is 11.6. The Morgan fingerprint density at radius 1 is 1.35 bits per heavy atom. The molecular formula is C14H26N2O. The quantitative estimate of drug-likeness (QED) is 0.529. The molecule has 0 atom stereocenters. The normalized spacial score (nSPS) is 19.7. The Hall–Kier alpha value is -0.960. The number of nitrogens with one attached hydrogen (secondary N) is 1. The van der Waals surface area contributed by atoms with E-state index in [1.165, 1.54) is 5.57 Å². The minimum absolute atomic E-state index is 0.0441. The minimum atomic E-state index is -0.0441. The molecule has 3 heteroatoms. The molecular weight excluding hydrogens is 212 g/mol. The van der Waals surface area contributed by atoms with Gasteiger partial charge in [0.2, 0.25) is 0 Å². The average molecular weight is 238 g/mol. The number of likely N-dealkylation sites (N-methyl/N-ethyl adjacent to an activating group) is 1. The number of nitrogens with two attached hydrogens (primary N) is 1. The van der Waals surface area contributed by atoms with Gasteiger partial charge in [0.1, 0.15) is 6.61 Å². The molecule has 1 saturated carbocycles. The third kappa shape index (κ3) is 4.43. The highest BCUT2D eigenvalue weighted by Gasteiger charge is 2.39. The van der Waals surface area contributed by atoms with Gasteiger partial charge >= 0.3 is 0 Å². The first-order valence-corrected chi connectivity index (χ1v) is 6.54. The van der Waals surface area contributed by atoms with E-state index in [1.807, 2.05) is 7.05 Å². The van der Waals surface area contributed by atoms with Crippen LogP contribution < -0.4 is 11.1 Å². The van der Waals surface area contributed by atoms with Gasteiger partial charge in [-0.1, -0.05) is 19.4 Å². The van der Waals surface area contributed by atoms with Gasteiger partial charge < -0.3 is 15.8 Å². The van der Waals surface area contributed by atoms with Crippen LogP contribution in [-0.4, -0.2) is 19.2 Å². The van der Waals surface area contributed by atoms with Crippen molar-refractivity contribution in [2.75, 3.05) is 13.7 Å². The van der Waals surface area contributed by atoms with E-state index in [1.54, 1.807) is 0 Å². The second-order valence-electron chi connectivity index (χ2n) is 4.91. The lowest BCUT2D eigenvalue weighted by molar-refractivity contribution is 0.179. The Morgan fingerprint density at radius 3 is 2.41 bits per heavy atom. The average Bonchev–Trinajstić information content (AvgIpc) is 3.07. The molecule has 3 N–H and O–H groups in total. The van der Waals surface area contributed by atoms with Crippen LogP contribution in [0.4, 0.5) is 0 Å². The zero-order valence-corrected chi connectivity index (χ0v) is 11.6. The first kappa shape index (κ1) is 14.1. The van der Waals surface area contributed by atoms with Gasteiger partial charge in [-0.25, -0.2) is 0 Å². The number of ether oxygens (including phenoxy) is 1. The van der Waals surface area contributed by atoms with E-state index in [4.69, 9.17) is 10.5 Å². The summed E-state index contributed by atoms with van der Waals surface area (Å²) in [7, 11) is 1.95. The second kappa shape index (κ2) is 6.10. The molecule has 0 bridgehead atoms. The minimum Gasteiger partial charge on any atom is -0.496 e. The summed E-state index contributed by atoms with van der Waals surface area (Å²) >= 11 is 0. The number of allylic oxidation sites excluding steroid dienone is 3. The summed E-state index contributed by atoms with van der Waals surface area (Å²) in [5.74, 6) is 1.01. The van der Waals surface area contributed by atoms with Crippen molar-refractivity contribution in [3.63, 3.8) is 0 Å². The molecule has 0 aromatic rings. The third-order valence-corrected chi connectivity index (χ3v) is 3.35. The van der Waals surface area contributed by atoms with Crippen molar-refractivity contribution < 1.29 is 4.74 Å². The molecule has 0 heterocycles. The summed E-state index contributed by atoms with van der Waals surface area (Å²) in [4.78, 5) is 0. The van der Waals surface area contributed by atoms with E-state index in [0.717, 1.165) is 37.1 Å². The van der Waals surface area contributed by atoms with Crippen LogP contribution >= 0.6 is 0 Å². The summed E-state index contributed by atoms with van der Waals surface area (Å²) in [6, 6.07) is 0. The van der Waals surface area contributed by atoms with Crippen molar-refractivity contribution in [3.05, 3.63) is 23.1 Å². The van der Waals surface area contributed by atoms with E-state index in [-0.39, 0.29) is 5.54 Å². The van der Waals surface area contributed by atoms with Gasteiger partial charge in [-0.3, -0.25) is 0 Å². The molecule has 0 aliphatic heterocycles. The Labute approximate surface area is 105 Å². The van der Waals surface area contributed by atoms with Crippen LogP contribution in [0.25, 0.3) is 0 Å². The monoisotopic (exact) mass is 238 g/mol. The van der Waals surface area contributed by atoms with E-state index >= 15 is 0 Å². The van der Waals surface area contributed by atoms with E-state index in [9.17, 15) is 0 Å². The zero-order chi connectivity index (χ0) is 12.9. The molecule has 1 aliphatic rings. The summed E-state index contributed by atoms with van der Waals surface area (Å²) in [5, 5.41) is 3.22. The van der Waals surface area contributed by atoms with Gasteiger partial charge in [-0.2, -0.15) is 0 Å². The third-order valence-electron chi connectivity index (χ3n) is 3.35. The van der Waals surface area contributed by atoms with Crippen LogP contribution in [0, 0.1) is 0 Å². The van der Waals surface area contributed by atoms with Crippen molar-refractivity contribution in [3.8, 4) is 0 Å². The highest BCUT2D eigenvalue weighted by molar-refractivity contribution is 5.24. The fourth-order valence-electron chi connectivity index (χ4n) is 1.55. The predicted octanol–water partition coefficient (Wildman–Crippen LogP) is 2.69. The molecule has 0 radical (unpaired) electrons. The molecule has 0 aromatic carbocycles. The number of hydrogen-bond acceptors (Lipinski definition) is 3. The molecule has 0 aromatic heterocycles. The van der Waals surface area contributed by atoms with Gasteiger partial charge in [0.25, 0.3) is 0 Å². The van der Waals surface area contributed by atoms with Crippen LogP contribution in [0.5, 0.6) is 0 Å². The van der Waals surface area contributed by atoms with Gasteiger partial charge in [-0.15, -0.1) is 0 Å². The summed E-state index contributed by atoms with van der Waals surface area (Å²) in [6.45, 7) is 7.05. The smallest absolute Gasteiger partial charge is 0.106 e. The summed E-state index contributed by atoms with van der Waals surface area (Å²) in [6.07, 6.45) is 6.23. The maximum Gasteiger partial charge on any atom is 0.106 e. The second-order valence-corrected chi connectivity index (χ2v) is 4.91. The van der Waals surface area contributed by atoms with Crippen LogP contribution in [-0.2, 0) is 4.74 Å². The van der Waals surface area contributed by atoms with Crippen molar-refractivity contribution in [1.29, 1.82) is 0 Å². The number of rotatable bonds is 7. The largest absolute Gasteiger partial charge is 0.496 e. The van der Waals surface area contributed by atoms with Gasteiger partial charge in [-0.05, 0) is 32.3 Å². The highest BCUT2D eigenvalue weighted by atomic mass is 16.5. The SMILES string of the molecule is CC/C(=C\C(NC)=C(\C)CC)OCC1(N)CC1. The lowest BCUT2D eigenvalue weighted by Crippen LogP contribution is -2.28. The van der Waals surface area contributed by atoms with E-state index in [2.05, 4.69) is 32.2 Å². The molecule has 0 spiro atoms. The standard InChI is InChI=1S/C14H26N2O/c1-5-11(3)13(16-4)9-12(6-2)17-10-14(15)7-8-14/h9,16H,5-8,10,15H2,1-4H3/b12-9+,13-11+. The van der Waals surface area contributed by atoms with Crippen LogP contribution in [0.15, 0.2) is 23.1 Å². The maximum absolute atomic E-state index is 6.02. The van der Waals surface area contributed by atoms with Gasteiger partial charge in [0.05, 0.1) is 11.3 Å². The van der Waals surface area contributed by atoms with Crippen LogP contribution in [0.1, 0.15) is 46.5 Å². The lowest BCUT2D eigenvalue weighted by Gasteiger charge is -2.15. The highest BCUT2D eigenvalue weighted by Crippen LogP contribution is 2.33. The van der Waals surface area contributed by atoms with Crippen molar-refractivity contribution in [2.45, 2.75) is 52.0 Å². The molecule has 0 saturated heterocycles. The van der Waals surface area contributed by atoms with Crippen LogP contribution in [0.2, 0.25) is 0 Å². The summed E-state index contributed by atoms with van der Waals surface area (Å²) in [5.41, 5.74) is 8.48. The molecule has 1 fully saturated rings. The molecule has 98 valence electrons. The number of hydrogen-bond donors (Lipinski definition) is 2. The fourth-order valence-corrected chi connectivity index (χ4v) is 1.55. The van der Waals surface area contributed by atoms with Gasteiger partial charge in [0, 0.05) is 19.2 Å². The van der Waals surface area contributed by atoms with Crippen molar-refractivity contribution in [1.82, 2.24) is 5.32 Å². The fraction of sp³-hybridized carbons (Fsp3) is 0.714. The molecule has 1 rings (SSSR count). The topological polar surface area (TPSA) is 47.3 Å². The van der Waals surface area contributed by atoms with Crippen molar-refractivity contribution in [2.24, 2.45) is 5.73 Å². The Kier molecular flexibility index (Phi) is 5.06. The Balaban J connectivity index is 2.63.